The molecule has 0 unspecified atom stereocenters. The maximum absolute atomic E-state index is 12.0. The highest BCUT2D eigenvalue weighted by molar-refractivity contribution is 5.15. The number of halogens is 3. The summed E-state index contributed by atoms with van der Waals surface area (Å²) in [6.45, 7) is 4.61. The minimum atomic E-state index is -2.62. The van der Waals surface area contributed by atoms with Crippen LogP contribution >= 0.6 is 0 Å². The summed E-state index contributed by atoms with van der Waals surface area (Å²) in [4.78, 5) is 0. The highest BCUT2D eigenvalue weighted by Crippen LogP contribution is 2.19. The van der Waals surface area contributed by atoms with Crippen LogP contribution in [0.15, 0.2) is 6.20 Å². The fraction of sp³-hybridized carbons (Fsp3) is 0.625. The van der Waals surface area contributed by atoms with E-state index in [9.17, 15) is 13.2 Å². The maximum atomic E-state index is 12.0. The summed E-state index contributed by atoms with van der Waals surface area (Å²) >= 11 is 0. The van der Waals surface area contributed by atoms with E-state index < -0.39 is 13.2 Å². The van der Waals surface area contributed by atoms with Gasteiger partial charge in [0, 0.05) is 6.20 Å². The molecule has 2 nitrogen and oxygen atoms in total. The van der Waals surface area contributed by atoms with E-state index in [-0.39, 0.29) is 5.69 Å². The van der Waals surface area contributed by atoms with Crippen LogP contribution < -0.4 is 0 Å². The minimum absolute atomic E-state index is 0.317. The third-order valence-corrected chi connectivity index (χ3v) is 1.31. The van der Waals surface area contributed by atoms with Gasteiger partial charge in [-0.2, -0.15) is 5.10 Å². The topological polar surface area (TPSA) is 17.8 Å². The second-order valence-corrected chi connectivity index (χ2v) is 2.16. The average molecular weight is 194 g/mol. The summed E-state index contributed by atoms with van der Waals surface area (Å²) in [7, 11) is 0. The Morgan fingerprint density at radius 3 is 2.23 bits per heavy atom. The number of nitrogens with zero attached hydrogens (tertiary/aromatic N) is 2. The third-order valence-electron chi connectivity index (χ3n) is 1.31. The highest BCUT2D eigenvalue weighted by atomic mass is 19.3. The first-order chi connectivity index (χ1) is 6.15. The smallest absolute Gasteiger partial charge is 0.241 e. The number of rotatable bonds is 2. The average Bonchev–Trinajstić information content (AvgIpc) is 2.50. The molecule has 0 N–H and O–H groups in total. The Kier molecular flexibility index (Phi) is 5.18. The fourth-order valence-electron chi connectivity index (χ4n) is 0.813. The number of aromatic nitrogens is 2. The lowest BCUT2D eigenvalue weighted by Gasteiger charge is -1.92. The molecule has 1 rings (SSSR count). The third kappa shape index (κ3) is 3.08. The van der Waals surface area contributed by atoms with E-state index >= 15 is 0 Å². The number of hydrogen-bond acceptors (Lipinski definition) is 1. The monoisotopic (exact) mass is 194 g/mol. The van der Waals surface area contributed by atoms with Crippen molar-refractivity contribution in [2.24, 2.45) is 0 Å². The second kappa shape index (κ2) is 5.61. The predicted molar refractivity (Wildman–Crippen MR) is 44.4 cm³/mol. The van der Waals surface area contributed by atoms with Gasteiger partial charge in [0.15, 0.2) is 6.80 Å². The van der Waals surface area contributed by atoms with Crippen molar-refractivity contribution < 1.29 is 13.2 Å². The molecule has 0 bridgehead atoms. The van der Waals surface area contributed by atoms with Gasteiger partial charge in [0.2, 0.25) is 0 Å². The van der Waals surface area contributed by atoms with Crippen LogP contribution in [0.25, 0.3) is 0 Å². The Morgan fingerprint density at radius 1 is 1.46 bits per heavy atom. The van der Waals surface area contributed by atoms with Gasteiger partial charge in [-0.25, -0.2) is 17.9 Å². The van der Waals surface area contributed by atoms with Crippen LogP contribution in [0.1, 0.15) is 31.5 Å². The molecule has 0 aromatic carbocycles. The molecule has 13 heavy (non-hydrogen) atoms. The van der Waals surface area contributed by atoms with E-state index in [0.717, 1.165) is 4.68 Å². The molecule has 0 aliphatic carbocycles. The first-order valence-electron chi connectivity index (χ1n) is 4.03. The van der Waals surface area contributed by atoms with Crippen LogP contribution in [-0.4, -0.2) is 9.78 Å². The Hall–Kier alpha value is -1.00. The zero-order valence-corrected chi connectivity index (χ0v) is 7.89. The lowest BCUT2D eigenvalue weighted by Crippen LogP contribution is -1.94. The van der Waals surface area contributed by atoms with Crippen molar-refractivity contribution in [3.63, 3.8) is 0 Å². The lowest BCUT2D eigenvalue weighted by molar-refractivity contribution is 0.143. The number of alkyl halides is 3. The Balaban J connectivity index is 0.000000671. The van der Waals surface area contributed by atoms with Crippen LogP contribution in [0.5, 0.6) is 0 Å². The SMILES string of the molecule is CC.Cc1cn(CF)nc1C(F)F. The van der Waals surface area contributed by atoms with E-state index in [1.807, 2.05) is 13.8 Å². The molecule has 1 heterocycles. The summed E-state index contributed by atoms with van der Waals surface area (Å²) in [6.07, 6.45) is -1.37. The van der Waals surface area contributed by atoms with Gasteiger partial charge in [-0.15, -0.1) is 0 Å². The molecule has 0 fully saturated rings. The molecule has 0 aliphatic heterocycles. The predicted octanol–water partition coefficient (Wildman–Crippen LogP) is 3.08. The highest BCUT2D eigenvalue weighted by Gasteiger charge is 2.14. The zero-order chi connectivity index (χ0) is 10.4. The molecular weight excluding hydrogens is 181 g/mol. The summed E-state index contributed by atoms with van der Waals surface area (Å²) in [5.41, 5.74) is -0.0275. The van der Waals surface area contributed by atoms with Crippen LogP contribution in [0.2, 0.25) is 0 Å². The Labute approximate surface area is 75.4 Å². The Morgan fingerprint density at radius 2 is 2.00 bits per heavy atom. The molecule has 76 valence electrons. The van der Waals surface area contributed by atoms with Crippen LogP contribution in [0.3, 0.4) is 0 Å². The summed E-state index contributed by atoms with van der Waals surface area (Å²) in [5.74, 6) is 0. The molecule has 1 aromatic rings. The molecule has 0 radical (unpaired) electrons. The van der Waals surface area contributed by atoms with Gasteiger partial charge in [-0.1, -0.05) is 13.8 Å². The second-order valence-electron chi connectivity index (χ2n) is 2.16. The lowest BCUT2D eigenvalue weighted by atomic mass is 10.3. The van der Waals surface area contributed by atoms with Gasteiger partial charge >= 0.3 is 0 Å². The molecule has 0 saturated heterocycles. The quantitative estimate of drug-likeness (QED) is 0.707. The van der Waals surface area contributed by atoms with Gasteiger partial charge in [0.25, 0.3) is 6.43 Å². The molecule has 0 amide bonds. The van der Waals surface area contributed by atoms with E-state index in [2.05, 4.69) is 5.10 Å². The van der Waals surface area contributed by atoms with Crippen molar-refractivity contribution in [3.05, 3.63) is 17.5 Å². The van der Waals surface area contributed by atoms with Gasteiger partial charge in [0.1, 0.15) is 5.69 Å². The van der Waals surface area contributed by atoms with Gasteiger partial charge < -0.3 is 0 Å². The van der Waals surface area contributed by atoms with Crippen molar-refractivity contribution >= 4 is 0 Å². The fourth-order valence-corrected chi connectivity index (χ4v) is 0.813. The molecule has 0 spiro atoms. The van der Waals surface area contributed by atoms with Gasteiger partial charge in [0.05, 0.1) is 0 Å². The first-order valence-corrected chi connectivity index (χ1v) is 4.03. The first kappa shape index (κ1) is 12.0. The number of hydrogen-bond donors (Lipinski definition) is 0. The van der Waals surface area contributed by atoms with Crippen LogP contribution in [0, 0.1) is 6.92 Å². The van der Waals surface area contributed by atoms with E-state index in [1.165, 1.54) is 13.1 Å². The molecule has 0 atom stereocenters. The van der Waals surface area contributed by atoms with Crippen LogP contribution in [0.4, 0.5) is 13.2 Å². The van der Waals surface area contributed by atoms with Gasteiger partial charge in [-0.05, 0) is 12.5 Å². The van der Waals surface area contributed by atoms with Crippen molar-refractivity contribution in [2.75, 3.05) is 0 Å². The summed E-state index contributed by atoms with van der Waals surface area (Å²) in [6, 6.07) is 0. The molecular formula is C8H13F3N2. The Bertz CT molecular complexity index is 246. The minimum Gasteiger partial charge on any atom is -0.241 e. The summed E-state index contributed by atoms with van der Waals surface area (Å²) in [5, 5.41) is 3.32. The maximum Gasteiger partial charge on any atom is 0.282 e. The normalized spacial score (nSPS) is 9.77. The standard InChI is InChI=1S/C6H7F3N2.C2H6/c1-4-2-11(3-7)10-5(4)6(8)9;1-2/h2,6H,3H2,1H3;1-2H3. The van der Waals surface area contributed by atoms with Crippen molar-refractivity contribution in [3.8, 4) is 0 Å². The van der Waals surface area contributed by atoms with Crippen molar-refractivity contribution in [2.45, 2.75) is 34.0 Å². The molecule has 0 saturated carbocycles. The van der Waals surface area contributed by atoms with E-state index in [1.54, 1.807) is 0 Å². The van der Waals surface area contributed by atoms with Crippen molar-refractivity contribution in [1.82, 2.24) is 9.78 Å². The van der Waals surface area contributed by atoms with E-state index in [0.29, 0.717) is 5.56 Å². The molecule has 1 aromatic heterocycles. The van der Waals surface area contributed by atoms with Crippen molar-refractivity contribution in [1.29, 1.82) is 0 Å². The number of aryl methyl sites for hydroxylation is 1. The molecule has 5 heteroatoms. The van der Waals surface area contributed by atoms with E-state index in [4.69, 9.17) is 0 Å². The summed E-state index contributed by atoms with van der Waals surface area (Å²) < 4.78 is 36.6. The van der Waals surface area contributed by atoms with Crippen LogP contribution in [-0.2, 0) is 6.80 Å². The zero-order valence-electron chi connectivity index (χ0n) is 7.89. The van der Waals surface area contributed by atoms with Gasteiger partial charge in [-0.3, -0.25) is 0 Å². The molecule has 0 aliphatic rings. The largest absolute Gasteiger partial charge is 0.282 e.